The number of likely N-dealkylation sites (tertiary alicyclic amines) is 1. The molecule has 7 nitrogen and oxygen atoms in total. The molecule has 1 atom stereocenters. The minimum absolute atomic E-state index is 0.0754. The van der Waals surface area contributed by atoms with Gasteiger partial charge in [-0.2, -0.15) is 0 Å². The normalized spacial score (nSPS) is 16.7. The fraction of sp³-hybridized carbons (Fsp3) is 0.290. The van der Waals surface area contributed by atoms with Crippen LogP contribution < -0.4 is 9.47 Å². The third-order valence-corrected chi connectivity index (χ3v) is 6.41. The second-order valence-corrected chi connectivity index (χ2v) is 9.43. The van der Waals surface area contributed by atoms with Crippen LogP contribution in [0.5, 0.6) is 11.5 Å². The van der Waals surface area contributed by atoms with Crippen LogP contribution >= 0.6 is 0 Å². The van der Waals surface area contributed by atoms with Gasteiger partial charge >= 0.3 is 0 Å². The van der Waals surface area contributed by atoms with Gasteiger partial charge in [0.1, 0.15) is 12.4 Å². The summed E-state index contributed by atoms with van der Waals surface area (Å²) in [5.41, 5.74) is 2.25. The van der Waals surface area contributed by atoms with Crippen LogP contribution in [0, 0.1) is 0 Å². The third-order valence-electron chi connectivity index (χ3n) is 6.41. The number of nitrogens with zero attached hydrogens (tertiary/aromatic N) is 2. The van der Waals surface area contributed by atoms with Gasteiger partial charge in [-0.15, -0.1) is 0 Å². The fourth-order valence-electron chi connectivity index (χ4n) is 4.58. The number of hydrogen-bond acceptors (Lipinski definition) is 6. The summed E-state index contributed by atoms with van der Waals surface area (Å²) in [4.78, 5) is 30.1. The highest BCUT2D eigenvalue weighted by Gasteiger charge is 2.46. The van der Waals surface area contributed by atoms with Crippen LogP contribution in [0.25, 0.3) is 5.76 Å². The molecule has 1 saturated heterocycles. The van der Waals surface area contributed by atoms with Crippen LogP contribution in [0.1, 0.15) is 36.1 Å². The molecule has 4 rings (SSSR count). The number of ether oxygens (including phenoxy) is 2. The first-order valence-corrected chi connectivity index (χ1v) is 12.8. The van der Waals surface area contributed by atoms with E-state index >= 15 is 0 Å². The van der Waals surface area contributed by atoms with Gasteiger partial charge < -0.3 is 24.4 Å². The maximum atomic E-state index is 13.3. The summed E-state index contributed by atoms with van der Waals surface area (Å²) in [6, 6.07) is 23.3. The second-order valence-electron chi connectivity index (χ2n) is 9.43. The first kappa shape index (κ1) is 26.9. The van der Waals surface area contributed by atoms with E-state index in [1.807, 2.05) is 68.4 Å². The summed E-state index contributed by atoms with van der Waals surface area (Å²) >= 11 is 0. The Morgan fingerprint density at radius 3 is 2.26 bits per heavy atom. The molecule has 7 heteroatoms. The van der Waals surface area contributed by atoms with Crippen molar-refractivity contribution >= 4 is 17.4 Å². The zero-order valence-corrected chi connectivity index (χ0v) is 22.1. The van der Waals surface area contributed by atoms with Gasteiger partial charge in [-0.1, -0.05) is 66.7 Å². The molecule has 0 spiro atoms. The van der Waals surface area contributed by atoms with Crippen molar-refractivity contribution in [3.05, 3.63) is 101 Å². The van der Waals surface area contributed by atoms with Gasteiger partial charge in [-0.25, -0.2) is 0 Å². The molecular weight excluding hydrogens is 480 g/mol. The molecular formula is C31H34N2O5. The van der Waals surface area contributed by atoms with Crippen LogP contribution in [-0.2, 0) is 16.2 Å². The van der Waals surface area contributed by atoms with Crippen LogP contribution in [0.4, 0.5) is 0 Å². The predicted molar refractivity (Wildman–Crippen MR) is 147 cm³/mol. The standard InChI is InChI=1S/C31H34N2O5/c1-4-37-26-20-24(16-17-25(26)38-21-22-12-7-5-8-13-22)28-27(29(34)23-14-9-6-10-15-23)30(35)31(36)33(28)19-11-18-32(2)3/h5-10,12-17,20,28,34H,4,11,18-19,21H2,1-3H3/b29-27+. The molecule has 1 unspecified atom stereocenters. The lowest BCUT2D eigenvalue weighted by molar-refractivity contribution is -0.139. The van der Waals surface area contributed by atoms with Gasteiger partial charge in [-0.05, 0) is 57.2 Å². The summed E-state index contributed by atoms with van der Waals surface area (Å²) < 4.78 is 12.0. The van der Waals surface area contributed by atoms with E-state index in [-0.39, 0.29) is 11.3 Å². The van der Waals surface area contributed by atoms with Crippen molar-refractivity contribution in [1.82, 2.24) is 9.80 Å². The van der Waals surface area contributed by atoms with Crippen molar-refractivity contribution in [2.45, 2.75) is 26.0 Å². The SMILES string of the molecule is CCOc1cc(C2/C(=C(\O)c3ccccc3)C(=O)C(=O)N2CCCN(C)C)ccc1OCc1ccccc1. The molecule has 1 aliphatic rings. The molecule has 1 heterocycles. The summed E-state index contributed by atoms with van der Waals surface area (Å²) in [6.07, 6.45) is 0.679. The van der Waals surface area contributed by atoms with Crippen LogP contribution in [0.2, 0.25) is 0 Å². The Kier molecular flexibility index (Phi) is 8.81. The first-order valence-electron chi connectivity index (χ1n) is 12.8. The molecule has 198 valence electrons. The van der Waals surface area contributed by atoms with Crippen molar-refractivity contribution in [1.29, 1.82) is 0 Å². The lowest BCUT2D eigenvalue weighted by atomic mass is 9.95. The predicted octanol–water partition coefficient (Wildman–Crippen LogP) is 5.04. The number of carbonyl (C=O) groups is 2. The lowest BCUT2D eigenvalue weighted by Crippen LogP contribution is -2.32. The highest BCUT2D eigenvalue weighted by Crippen LogP contribution is 2.42. The molecule has 1 amide bonds. The van der Waals surface area contributed by atoms with Crippen LogP contribution in [-0.4, -0.2) is 60.4 Å². The number of ketones is 1. The van der Waals surface area contributed by atoms with Gasteiger partial charge in [0.25, 0.3) is 11.7 Å². The van der Waals surface area contributed by atoms with E-state index in [1.54, 1.807) is 41.3 Å². The molecule has 0 aromatic heterocycles. The number of amides is 1. The molecule has 1 aliphatic heterocycles. The summed E-state index contributed by atoms with van der Waals surface area (Å²) in [7, 11) is 3.92. The number of Topliss-reactive ketones (excluding diaryl/α,β-unsaturated/α-hetero) is 1. The number of benzene rings is 3. The number of hydrogen-bond donors (Lipinski definition) is 1. The van der Waals surface area contributed by atoms with Gasteiger partial charge in [-0.3, -0.25) is 9.59 Å². The number of aliphatic hydroxyl groups excluding tert-OH is 1. The second kappa shape index (κ2) is 12.4. The molecule has 38 heavy (non-hydrogen) atoms. The van der Waals surface area contributed by atoms with Gasteiger partial charge in [0.15, 0.2) is 11.5 Å². The van der Waals surface area contributed by atoms with E-state index in [1.165, 1.54) is 0 Å². The molecule has 1 N–H and O–H groups in total. The Hall–Kier alpha value is -4.10. The van der Waals surface area contributed by atoms with E-state index in [9.17, 15) is 14.7 Å². The Bertz CT molecular complexity index is 1290. The minimum Gasteiger partial charge on any atom is -0.507 e. The highest BCUT2D eigenvalue weighted by atomic mass is 16.5. The van der Waals surface area contributed by atoms with Gasteiger partial charge in [0.2, 0.25) is 0 Å². The van der Waals surface area contributed by atoms with E-state index in [0.717, 1.165) is 12.1 Å². The van der Waals surface area contributed by atoms with Crippen molar-refractivity contribution < 1.29 is 24.2 Å². The molecule has 0 aliphatic carbocycles. The summed E-state index contributed by atoms with van der Waals surface area (Å²) in [6.45, 7) is 3.80. The molecule has 1 fully saturated rings. The van der Waals surface area contributed by atoms with Crippen molar-refractivity contribution in [2.75, 3.05) is 33.8 Å². The number of carbonyl (C=O) groups excluding carboxylic acids is 2. The van der Waals surface area contributed by atoms with E-state index in [4.69, 9.17) is 9.47 Å². The zero-order chi connectivity index (χ0) is 27.1. The topological polar surface area (TPSA) is 79.3 Å². The Morgan fingerprint density at radius 1 is 0.921 bits per heavy atom. The Labute approximate surface area is 223 Å². The summed E-state index contributed by atoms with van der Waals surface area (Å²) in [5, 5.41) is 11.2. The van der Waals surface area contributed by atoms with Gasteiger partial charge in [0, 0.05) is 12.1 Å². The Balaban J connectivity index is 1.74. The van der Waals surface area contributed by atoms with Gasteiger partial charge in [0.05, 0.1) is 18.2 Å². The van der Waals surface area contributed by atoms with E-state index in [0.29, 0.717) is 48.8 Å². The van der Waals surface area contributed by atoms with Crippen LogP contribution in [0.15, 0.2) is 84.4 Å². The van der Waals surface area contributed by atoms with E-state index in [2.05, 4.69) is 0 Å². The van der Waals surface area contributed by atoms with Crippen LogP contribution in [0.3, 0.4) is 0 Å². The maximum Gasteiger partial charge on any atom is 0.295 e. The van der Waals surface area contributed by atoms with E-state index < -0.39 is 17.7 Å². The van der Waals surface area contributed by atoms with Crippen molar-refractivity contribution in [2.24, 2.45) is 0 Å². The summed E-state index contributed by atoms with van der Waals surface area (Å²) in [5.74, 6) is -0.421. The molecule has 0 bridgehead atoms. The average molecular weight is 515 g/mol. The minimum atomic E-state index is -0.750. The maximum absolute atomic E-state index is 13.3. The molecule has 0 saturated carbocycles. The fourth-order valence-corrected chi connectivity index (χ4v) is 4.58. The quantitative estimate of drug-likeness (QED) is 0.220. The van der Waals surface area contributed by atoms with Crippen molar-refractivity contribution in [3.63, 3.8) is 0 Å². The molecule has 3 aromatic carbocycles. The number of rotatable bonds is 11. The smallest absolute Gasteiger partial charge is 0.295 e. The van der Waals surface area contributed by atoms with Crippen molar-refractivity contribution in [3.8, 4) is 11.5 Å². The average Bonchev–Trinajstić information content (AvgIpc) is 3.18. The largest absolute Gasteiger partial charge is 0.507 e. The monoisotopic (exact) mass is 514 g/mol. The number of aliphatic hydroxyl groups is 1. The molecule has 0 radical (unpaired) electrons. The highest BCUT2D eigenvalue weighted by molar-refractivity contribution is 6.46. The molecule has 3 aromatic rings. The first-order chi connectivity index (χ1) is 18.4. The lowest BCUT2D eigenvalue weighted by Gasteiger charge is -2.26. The zero-order valence-electron chi connectivity index (χ0n) is 22.1. The Morgan fingerprint density at radius 2 is 1.61 bits per heavy atom. The third kappa shape index (κ3) is 6.06.